The molecule has 0 saturated heterocycles. The molecule has 0 unspecified atom stereocenters. The summed E-state index contributed by atoms with van der Waals surface area (Å²) in [5, 5.41) is 12.3. The number of aryl methyl sites for hydroxylation is 3. The Morgan fingerprint density at radius 1 is 0.865 bits per heavy atom. The molecule has 1 atom stereocenters. The van der Waals surface area contributed by atoms with E-state index < -0.39 is 5.25 Å². The van der Waals surface area contributed by atoms with Gasteiger partial charge in [0.15, 0.2) is 11.0 Å². The Bertz CT molecular complexity index is 1530. The van der Waals surface area contributed by atoms with E-state index in [0.29, 0.717) is 11.0 Å². The number of nitrogens with one attached hydrogen (secondary N) is 1. The first-order chi connectivity index (χ1) is 18.0. The van der Waals surface area contributed by atoms with Gasteiger partial charge in [0.05, 0.1) is 5.69 Å². The molecule has 0 aliphatic heterocycles. The third-order valence-corrected chi connectivity index (χ3v) is 7.32. The molecule has 3 aromatic carbocycles. The highest BCUT2D eigenvalue weighted by atomic mass is 32.2. The van der Waals surface area contributed by atoms with Gasteiger partial charge in [-0.15, -0.1) is 10.2 Å². The summed E-state index contributed by atoms with van der Waals surface area (Å²) in [7, 11) is 0. The molecular weight excluding hydrogens is 478 g/mol. The van der Waals surface area contributed by atoms with Crippen LogP contribution in [0.3, 0.4) is 0 Å². The first-order valence-corrected chi connectivity index (χ1v) is 12.9. The summed E-state index contributed by atoms with van der Waals surface area (Å²) < 4.78 is 2.01. The van der Waals surface area contributed by atoms with E-state index in [9.17, 15) is 4.79 Å². The molecule has 1 N–H and O–H groups in total. The van der Waals surface area contributed by atoms with Crippen LogP contribution in [0.2, 0.25) is 0 Å². The second-order valence-electron chi connectivity index (χ2n) is 8.89. The van der Waals surface area contributed by atoms with E-state index in [1.165, 1.54) is 11.8 Å². The van der Waals surface area contributed by atoms with Gasteiger partial charge in [0.1, 0.15) is 5.25 Å². The van der Waals surface area contributed by atoms with E-state index >= 15 is 0 Å². The van der Waals surface area contributed by atoms with Crippen molar-refractivity contribution in [2.45, 2.75) is 31.2 Å². The number of aromatic nitrogens is 4. The minimum Gasteiger partial charge on any atom is -0.325 e. The maximum atomic E-state index is 13.8. The zero-order chi connectivity index (χ0) is 25.8. The number of anilines is 1. The lowest BCUT2D eigenvalue weighted by atomic mass is 10.1. The van der Waals surface area contributed by atoms with E-state index in [2.05, 4.69) is 33.5 Å². The highest BCUT2D eigenvalue weighted by molar-refractivity contribution is 8.00. The van der Waals surface area contributed by atoms with Crippen LogP contribution in [-0.2, 0) is 4.79 Å². The lowest BCUT2D eigenvalue weighted by Gasteiger charge is -2.19. The van der Waals surface area contributed by atoms with Crippen LogP contribution in [0.1, 0.15) is 27.5 Å². The summed E-state index contributed by atoms with van der Waals surface area (Å²) in [6.45, 7) is 6.07. The van der Waals surface area contributed by atoms with Crippen molar-refractivity contribution in [2.24, 2.45) is 0 Å². The Kier molecular flexibility index (Phi) is 7.14. The molecule has 5 rings (SSSR count). The minimum atomic E-state index is -0.546. The van der Waals surface area contributed by atoms with Crippen LogP contribution >= 0.6 is 11.8 Å². The first kappa shape index (κ1) is 24.5. The van der Waals surface area contributed by atoms with Gasteiger partial charge in [0.25, 0.3) is 0 Å². The molecule has 0 fully saturated rings. The second-order valence-corrected chi connectivity index (χ2v) is 9.96. The molecule has 6 nitrogen and oxygen atoms in total. The Morgan fingerprint density at radius 3 is 2.41 bits per heavy atom. The van der Waals surface area contributed by atoms with E-state index in [4.69, 9.17) is 0 Å². The number of hydrogen-bond donors (Lipinski definition) is 1. The average Bonchev–Trinajstić information content (AvgIpc) is 3.34. The number of hydrogen-bond acceptors (Lipinski definition) is 5. The summed E-state index contributed by atoms with van der Waals surface area (Å²) in [5.74, 6) is 0.554. The van der Waals surface area contributed by atoms with E-state index in [1.54, 1.807) is 12.4 Å². The quantitative estimate of drug-likeness (QED) is 0.248. The molecule has 0 spiro atoms. The molecule has 5 aromatic rings. The summed E-state index contributed by atoms with van der Waals surface area (Å²) in [5.41, 5.74) is 6.67. The zero-order valence-electron chi connectivity index (χ0n) is 20.9. The summed E-state index contributed by atoms with van der Waals surface area (Å²) in [4.78, 5) is 18.0. The molecular formula is C30H27N5OS. The van der Waals surface area contributed by atoms with Gasteiger partial charge in [-0.05, 0) is 67.3 Å². The van der Waals surface area contributed by atoms with E-state index in [-0.39, 0.29) is 5.91 Å². The molecule has 0 radical (unpaired) electrons. The number of amides is 1. The fourth-order valence-electron chi connectivity index (χ4n) is 4.13. The second kappa shape index (κ2) is 10.8. The number of pyridine rings is 1. The zero-order valence-corrected chi connectivity index (χ0v) is 21.7. The molecule has 2 heterocycles. The SMILES string of the molecule is Cc1ccc(C)c(NC(=O)[C@@H](Sc2nnc(-c3cccnc3)n2-c2ccccc2C)c2ccccc2)c1. The topological polar surface area (TPSA) is 72.7 Å². The van der Waals surface area contributed by atoms with Crippen molar-refractivity contribution >= 4 is 23.4 Å². The van der Waals surface area contributed by atoms with Gasteiger partial charge < -0.3 is 5.32 Å². The fourth-order valence-corrected chi connectivity index (χ4v) is 5.18. The van der Waals surface area contributed by atoms with Crippen LogP contribution < -0.4 is 5.32 Å². The standard InChI is InChI=1S/C30H27N5OS/c1-20-15-16-21(2)25(18-20)32-29(36)27(23-11-5-4-6-12-23)37-30-34-33-28(24-13-9-17-31-19-24)35(30)26-14-8-7-10-22(26)3/h4-19,27H,1-3H3,(H,32,36)/t27-/m0/s1. The van der Waals surface area contributed by atoms with Crippen LogP contribution in [0.15, 0.2) is 102 Å². The van der Waals surface area contributed by atoms with Crippen molar-refractivity contribution in [3.05, 3.63) is 120 Å². The summed E-state index contributed by atoms with van der Waals surface area (Å²) in [6.07, 6.45) is 3.51. The van der Waals surface area contributed by atoms with Crippen molar-refractivity contribution in [1.29, 1.82) is 0 Å². The number of rotatable bonds is 7. The van der Waals surface area contributed by atoms with Crippen molar-refractivity contribution in [3.63, 3.8) is 0 Å². The van der Waals surface area contributed by atoms with Gasteiger partial charge in [-0.1, -0.05) is 72.4 Å². The number of para-hydroxylation sites is 1. The lowest BCUT2D eigenvalue weighted by Crippen LogP contribution is -2.20. The van der Waals surface area contributed by atoms with Crippen molar-refractivity contribution in [3.8, 4) is 17.1 Å². The number of nitrogens with zero attached hydrogens (tertiary/aromatic N) is 4. The van der Waals surface area contributed by atoms with Crippen LogP contribution in [0.4, 0.5) is 5.69 Å². The normalized spacial score (nSPS) is 11.8. The van der Waals surface area contributed by atoms with Gasteiger partial charge in [0.2, 0.25) is 5.91 Å². The van der Waals surface area contributed by atoms with Gasteiger partial charge in [-0.2, -0.15) is 0 Å². The Balaban J connectivity index is 1.59. The maximum absolute atomic E-state index is 13.8. The first-order valence-electron chi connectivity index (χ1n) is 12.0. The molecule has 0 bridgehead atoms. The summed E-state index contributed by atoms with van der Waals surface area (Å²) in [6, 6.07) is 27.8. The number of benzene rings is 3. The predicted molar refractivity (Wildman–Crippen MR) is 149 cm³/mol. The molecule has 7 heteroatoms. The van der Waals surface area contributed by atoms with Gasteiger partial charge in [0, 0.05) is 23.6 Å². The van der Waals surface area contributed by atoms with Crippen LogP contribution in [0.5, 0.6) is 0 Å². The molecule has 0 saturated carbocycles. The largest absolute Gasteiger partial charge is 0.325 e. The number of thioether (sulfide) groups is 1. The molecule has 2 aromatic heterocycles. The summed E-state index contributed by atoms with van der Waals surface area (Å²) >= 11 is 1.38. The van der Waals surface area contributed by atoms with Gasteiger partial charge >= 0.3 is 0 Å². The Labute approximate surface area is 220 Å². The maximum Gasteiger partial charge on any atom is 0.242 e. The Morgan fingerprint density at radius 2 is 1.65 bits per heavy atom. The highest BCUT2D eigenvalue weighted by Crippen LogP contribution is 2.38. The minimum absolute atomic E-state index is 0.118. The molecule has 0 aliphatic carbocycles. The molecule has 1 amide bonds. The number of carbonyl (C=O) groups is 1. The Hall–Kier alpha value is -4.23. The van der Waals surface area contributed by atoms with Crippen LogP contribution in [0, 0.1) is 20.8 Å². The van der Waals surface area contributed by atoms with Crippen LogP contribution in [0.25, 0.3) is 17.1 Å². The lowest BCUT2D eigenvalue weighted by molar-refractivity contribution is -0.115. The molecule has 184 valence electrons. The van der Waals surface area contributed by atoms with E-state index in [1.807, 2.05) is 97.3 Å². The van der Waals surface area contributed by atoms with E-state index in [0.717, 1.165) is 39.2 Å². The average molecular weight is 506 g/mol. The molecule has 0 aliphatic rings. The third-order valence-electron chi connectivity index (χ3n) is 6.12. The fraction of sp³-hybridized carbons (Fsp3) is 0.133. The molecule has 37 heavy (non-hydrogen) atoms. The third kappa shape index (κ3) is 5.32. The monoisotopic (exact) mass is 505 g/mol. The van der Waals surface area contributed by atoms with Crippen molar-refractivity contribution in [1.82, 2.24) is 19.7 Å². The van der Waals surface area contributed by atoms with Crippen LogP contribution in [-0.4, -0.2) is 25.7 Å². The number of carbonyl (C=O) groups excluding carboxylic acids is 1. The smallest absolute Gasteiger partial charge is 0.242 e. The van der Waals surface area contributed by atoms with Gasteiger partial charge in [-0.3, -0.25) is 14.3 Å². The predicted octanol–water partition coefficient (Wildman–Crippen LogP) is 6.73. The van der Waals surface area contributed by atoms with Crippen molar-refractivity contribution in [2.75, 3.05) is 5.32 Å². The van der Waals surface area contributed by atoms with Gasteiger partial charge in [-0.25, -0.2) is 0 Å². The highest BCUT2D eigenvalue weighted by Gasteiger charge is 2.27. The van der Waals surface area contributed by atoms with Crippen molar-refractivity contribution < 1.29 is 4.79 Å².